The van der Waals surface area contributed by atoms with E-state index in [-0.39, 0.29) is 5.56 Å². The minimum Gasteiger partial charge on any atom is -0.378 e. The number of thioether (sulfide) groups is 1. The Bertz CT molecular complexity index is 958. The standard InChI is InChI=1S/C15H17N5O2S3/c1-8-9(2)24-13-11(8)12(21)16-10(17-13)7-23-15-19-18-14(25-15)20-3-5-22-6-4-20/h3-7H2,1-2H3,(H,16,17,21). The number of nitrogens with zero attached hydrogens (tertiary/aromatic N) is 4. The van der Waals surface area contributed by atoms with E-state index in [0.717, 1.165) is 51.0 Å². The molecule has 0 bridgehead atoms. The van der Waals surface area contributed by atoms with Gasteiger partial charge in [-0.15, -0.1) is 21.5 Å². The van der Waals surface area contributed by atoms with Crippen molar-refractivity contribution in [3.05, 3.63) is 26.6 Å². The first-order valence-corrected chi connectivity index (χ1v) is 10.5. The molecular weight excluding hydrogens is 378 g/mol. The Labute approximate surface area is 156 Å². The molecule has 0 aliphatic carbocycles. The molecule has 0 amide bonds. The third kappa shape index (κ3) is 3.43. The highest BCUT2D eigenvalue weighted by Crippen LogP contribution is 2.31. The van der Waals surface area contributed by atoms with Crippen molar-refractivity contribution in [3.8, 4) is 0 Å². The second-order valence-electron chi connectivity index (χ2n) is 5.71. The number of fused-ring (bicyclic) bond motifs is 1. The highest BCUT2D eigenvalue weighted by atomic mass is 32.2. The molecule has 10 heteroatoms. The number of thiophene rings is 1. The number of aromatic nitrogens is 4. The number of rotatable bonds is 4. The minimum atomic E-state index is -0.0614. The quantitative estimate of drug-likeness (QED) is 0.680. The van der Waals surface area contributed by atoms with Gasteiger partial charge in [0.05, 0.1) is 24.4 Å². The van der Waals surface area contributed by atoms with E-state index in [0.29, 0.717) is 17.0 Å². The number of hydrogen-bond acceptors (Lipinski definition) is 9. The van der Waals surface area contributed by atoms with E-state index in [1.807, 2.05) is 13.8 Å². The lowest BCUT2D eigenvalue weighted by Crippen LogP contribution is -2.36. The van der Waals surface area contributed by atoms with Gasteiger partial charge < -0.3 is 14.6 Å². The zero-order chi connectivity index (χ0) is 17.4. The third-order valence-corrected chi connectivity index (χ3v) is 7.33. The molecule has 0 atom stereocenters. The molecule has 3 aromatic heterocycles. The smallest absolute Gasteiger partial charge is 0.259 e. The van der Waals surface area contributed by atoms with E-state index in [1.54, 1.807) is 34.4 Å². The van der Waals surface area contributed by atoms with Crippen LogP contribution in [0.15, 0.2) is 9.13 Å². The Morgan fingerprint density at radius 3 is 2.84 bits per heavy atom. The number of ether oxygens (including phenoxy) is 1. The van der Waals surface area contributed by atoms with Crippen molar-refractivity contribution in [2.24, 2.45) is 0 Å². The first-order chi connectivity index (χ1) is 12.1. The van der Waals surface area contributed by atoms with Crippen molar-refractivity contribution in [3.63, 3.8) is 0 Å². The Kier molecular flexibility index (Phi) is 4.76. The second kappa shape index (κ2) is 7.02. The third-order valence-electron chi connectivity index (χ3n) is 4.10. The number of anilines is 1. The van der Waals surface area contributed by atoms with Gasteiger partial charge in [0.1, 0.15) is 10.7 Å². The van der Waals surface area contributed by atoms with Crippen LogP contribution in [0.4, 0.5) is 5.13 Å². The fourth-order valence-electron chi connectivity index (χ4n) is 2.64. The second-order valence-corrected chi connectivity index (χ2v) is 9.10. The molecule has 1 fully saturated rings. The summed E-state index contributed by atoms with van der Waals surface area (Å²) in [5.41, 5.74) is 0.959. The van der Waals surface area contributed by atoms with Crippen molar-refractivity contribution in [2.45, 2.75) is 23.9 Å². The van der Waals surface area contributed by atoms with Crippen molar-refractivity contribution in [2.75, 3.05) is 31.2 Å². The first-order valence-electron chi connectivity index (χ1n) is 7.89. The lowest BCUT2D eigenvalue weighted by molar-refractivity contribution is 0.122. The molecule has 0 unspecified atom stereocenters. The Morgan fingerprint density at radius 1 is 1.24 bits per heavy atom. The molecule has 7 nitrogen and oxygen atoms in total. The normalized spacial score (nSPS) is 15.2. The van der Waals surface area contributed by atoms with Gasteiger partial charge in [-0.05, 0) is 19.4 Å². The largest absolute Gasteiger partial charge is 0.378 e. The Morgan fingerprint density at radius 2 is 2.04 bits per heavy atom. The molecule has 1 aliphatic rings. The fourth-order valence-corrected chi connectivity index (χ4v) is 5.45. The maximum atomic E-state index is 12.3. The van der Waals surface area contributed by atoms with E-state index in [2.05, 4.69) is 25.1 Å². The van der Waals surface area contributed by atoms with E-state index in [9.17, 15) is 4.79 Å². The molecule has 1 saturated heterocycles. The number of H-pyrrole nitrogens is 1. The van der Waals surface area contributed by atoms with Crippen LogP contribution in [0.25, 0.3) is 10.2 Å². The van der Waals surface area contributed by atoms with Crippen LogP contribution in [-0.2, 0) is 10.5 Å². The molecule has 0 saturated carbocycles. The van der Waals surface area contributed by atoms with Gasteiger partial charge in [0.25, 0.3) is 5.56 Å². The van der Waals surface area contributed by atoms with Crippen LogP contribution >= 0.6 is 34.4 Å². The number of aromatic amines is 1. The van der Waals surface area contributed by atoms with Gasteiger partial charge in [0, 0.05) is 18.0 Å². The average molecular weight is 396 g/mol. The van der Waals surface area contributed by atoms with Gasteiger partial charge >= 0.3 is 0 Å². The van der Waals surface area contributed by atoms with Crippen molar-refractivity contribution < 1.29 is 4.74 Å². The molecular formula is C15H17N5O2S3. The van der Waals surface area contributed by atoms with E-state index in [4.69, 9.17) is 4.74 Å². The summed E-state index contributed by atoms with van der Waals surface area (Å²) in [5.74, 6) is 1.24. The number of hydrogen-bond donors (Lipinski definition) is 1. The molecule has 132 valence electrons. The fraction of sp³-hybridized carbons (Fsp3) is 0.467. The maximum absolute atomic E-state index is 12.3. The topological polar surface area (TPSA) is 84.0 Å². The highest BCUT2D eigenvalue weighted by Gasteiger charge is 2.17. The summed E-state index contributed by atoms with van der Waals surface area (Å²) in [6, 6.07) is 0. The molecule has 4 heterocycles. The summed E-state index contributed by atoms with van der Waals surface area (Å²) in [4.78, 5) is 23.9. The summed E-state index contributed by atoms with van der Waals surface area (Å²) < 4.78 is 6.24. The summed E-state index contributed by atoms with van der Waals surface area (Å²) in [7, 11) is 0. The zero-order valence-corrected chi connectivity index (χ0v) is 16.3. The molecule has 25 heavy (non-hydrogen) atoms. The number of morpholine rings is 1. The van der Waals surface area contributed by atoms with Crippen LogP contribution in [0, 0.1) is 13.8 Å². The molecule has 4 rings (SSSR count). The SMILES string of the molecule is Cc1sc2nc(CSc3nnc(N4CCOCC4)s3)[nH]c(=O)c2c1C. The Balaban J connectivity index is 1.49. The van der Waals surface area contributed by atoms with Gasteiger partial charge in [-0.1, -0.05) is 23.1 Å². The van der Waals surface area contributed by atoms with E-state index >= 15 is 0 Å². The predicted octanol–water partition coefficient (Wildman–Crippen LogP) is 2.58. The lowest BCUT2D eigenvalue weighted by atomic mass is 10.2. The van der Waals surface area contributed by atoms with Crippen LogP contribution in [0.1, 0.15) is 16.3 Å². The average Bonchev–Trinajstić information content (AvgIpc) is 3.19. The van der Waals surface area contributed by atoms with Crippen molar-refractivity contribution in [1.82, 2.24) is 20.2 Å². The van der Waals surface area contributed by atoms with Gasteiger partial charge in [-0.2, -0.15) is 0 Å². The van der Waals surface area contributed by atoms with Gasteiger partial charge in [0.2, 0.25) is 5.13 Å². The van der Waals surface area contributed by atoms with Crippen LogP contribution < -0.4 is 10.5 Å². The first kappa shape index (κ1) is 17.0. The van der Waals surface area contributed by atoms with Gasteiger partial charge in [-0.3, -0.25) is 4.79 Å². The maximum Gasteiger partial charge on any atom is 0.259 e. The number of aryl methyl sites for hydroxylation is 2. The molecule has 1 N–H and O–H groups in total. The van der Waals surface area contributed by atoms with Gasteiger partial charge in [0.15, 0.2) is 4.34 Å². The van der Waals surface area contributed by atoms with Crippen LogP contribution in [0.5, 0.6) is 0 Å². The minimum absolute atomic E-state index is 0.0614. The van der Waals surface area contributed by atoms with Crippen LogP contribution in [0.3, 0.4) is 0 Å². The van der Waals surface area contributed by atoms with Gasteiger partial charge in [-0.25, -0.2) is 4.98 Å². The zero-order valence-electron chi connectivity index (χ0n) is 13.9. The van der Waals surface area contributed by atoms with Crippen molar-refractivity contribution in [1.29, 1.82) is 0 Å². The Hall–Kier alpha value is -1.49. The van der Waals surface area contributed by atoms with E-state index < -0.39 is 0 Å². The summed E-state index contributed by atoms with van der Waals surface area (Å²) in [5, 5.41) is 10.1. The molecule has 0 spiro atoms. The van der Waals surface area contributed by atoms with E-state index in [1.165, 1.54) is 0 Å². The monoisotopic (exact) mass is 395 g/mol. The summed E-state index contributed by atoms with van der Waals surface area (Å²) in [6.45, 7) is 7.14. The van der Waals surface area contributed by atoms with Crippen molar-refractivity contribution >= 4 is 49.8 Å². The lowest BCUT2D eigenvalue weighted by Gasteiger charge is -2.25. The molecule has 1 aliphatic heterocycles. The summed E-state index contributed by atoms with van der Waals surface area (Å²) in [6.07, 6.45) is 0. The van der Waals surface area contributed by atoms with Crippen LogP contribution in [0.2, 0.25) is 0 Å². The summed E-state index contributed by atoms with van der Waals surface area (Å²) >= 11 is 4.68. The predicted molar refractivity (Wildman–Crippen MR) is 102 cm³/mol. The van der Waals surface area contributed by atoms with Crippen LogP contribution in [-0.4, -0.2) is 46.5 Å². The molecule has 3 aromatic rings. The molecule has 0 radical (unpaired) electrons. The number of nitrogens with one attached hydrogen (secondary N) is 1. The highest BCUT2D eigenvalue weighted by molar-refractivity contribution is 8.00. The molecule has 0 aromatic carbocycles.